The minimum Gasteiger partial charge on any atom is -0.508 e. The molecule has 2 nitrogen and oxygen atoms in total. The van der Waals surface area contributed by atoms with Crippen LogP contribution in [0.5, 0.6) is 5.75 Å². The first-order chi connectivity index (χ1) is 5.72. The van der Waals surface area contributed by atoms with Crippen molar-refractivity contribution in [2.24, 2.45) is 0 Å². The summed E-state index contributed by atoms with van der Waals surface area (Å²) in [6.45, 7) is 0. The van der Waals surface area contributed by atoms with Crippen LogP contribution in [-0.2, 0) is 4.79 Å². The molecule has 1 N–H and O–H groups in total. The number of benzene rings is 1. The summed E-state index contributed by atoms with van der Waals surface area (Å²) in [6, 6.07) is 6.41. The van der Waals surface area contributed by atoms with Crippen LogP contribution >= 0.6 is 23.4 Å². The molecule has 1 aromatic carbocycles. The third kappa shape index (κ3) is 2.75. The maximum atomic E-state index is 10.8. The maximum Gasteiger partial charge on any atom is 0.208 e. The monoisotopic (exact) mass is 202 g/mol. The molecule has 0 aliphatic rings. The number of alkyl halides is 1. The molecule has 1 rings (SSSR count). The summed E-state index contributed by atoms with van der Waals surface area (Å²) in [7, 11) is 0. The molecule has 0 aliphatic carbocycles. The van der Waals surface area contributed by atoms with Crippen molar-refractivity contribution in [2.45, 2.75) is 4.90 Å². The van der Waals surface area contributed by atoms with Gasteiger partial charge in [0.25, 0.3) is 0 Å². The second-order valence-electron chi connectivity index (χ2n) is 2.10. The molecule has 4 heteroatoms. The smallest absolute Gasteiger partial charge is 0.208 e. The van der Waals surface area contributed by atoms with E-state index in [9.17, 15) is 4.79 Å². The zero-order valence-electron chi connectivity index (χ0n) is 6.16. The van der Waals surface area contributed by atoms with Crippen LogP contribution in [0.3, 0.4) is 0 Å². The maximum absolute atomic E-state index is 10.8. The van der Waals surface area contributed by atoms with Gasteiger partial charge in [0.2, 0.25) is 5.12 Å². The molecule has 0 saturated carbocycles. The average molecular weight is 203 g/mol. The molecule has 0 spiro atoms. The Hall–Kier alpha value is -0.670. The Labute approximate surface area is 79.5 Å². The molecule has 0 fully saturated rings. The van der Waals surface area contributed by atoms with Gasteiger partial charge in [-0.3, -0.25) is 4.79 Å². The van der Waals surface area contributed by atoms with E-state index in [1.54, 1.807) is 12.1 Å². The molecule has 0 unspecified atom stereocenters. The Kier molecular flexibility index (Phi) is 3.44. The van der Waals surface area contributed by atoms with Crippen LogP contribution in [0.4, 0.5) is 0 Å². The number of aromatic hydroxyl groups is 1. The van der Waals surface area contributed by atoms with Crippen molar-refractivity contribution < 1.29 is 9.90 Å². The van der Waals surface area contributed by atoms with Crippen LogP contribution in [0, 0.1) is 0 Å². The summed E-state index contributed by atoms with van der Waals surface area (Å²) in [5, 5.41) is 8.83. The highest BCUT2D eigenvalue weighted by atomic mass is 35.5. The molecule has 0 aromatic heterocycles. The average Bonchev–Trinajstić information content (AvgIpc) is 2.09. The standard InChI is InChI=1S/C8H7ClO2S/c9-5-8(11)12-7-3-1-6(10)2-4-7/h1-4,10H,5H2. The minimum atomic E-state index is -0.0950. The third-order valence-electron chi connectivity index (χ3n) is 1.18. The highest BCUT2D eigenvalue weighted by Crippen LogP contribution is 2.21. The van der Waals surface area contributed by atoms with E-state index in [-0.39, 0.29) is 16.7 Å². The Morgan fingerprint density at radius 1 is 1.42 bits per heavy atom. The Morgan fingerprint density at radius 3 is 2.50 bits per heavy atom. The van der Waals surface area contributed by atoms with Crippen molar-refractivity contribution in [2.75, 3.05) is 5.88 Å². The molecule has 0 bridgehead atoms. The van der Waals surface area contributed by atoms with Gasteiger partial charge in [-0.2, -0.15) is 0 Å². The van der Waals surface area contributed by atoms with Crippen molar-refractivity contribution >= 4 is 28.5 Å². The van der Waals surface area contributed by atoms with Crippen molar-refractivity contribution in [3.8, 4) is 5.75 Å². The van der Waals surface area contributed by atoms with Crippen LogP contribution < -0.4 is 0 Å². The molecule has 0 aliphatic heterocycles. The normalized spacial score (nSPS) is 9.75. The highest BCUT2D eigenvalue weighted by molar-refractivity contribution is 8.13. The first kappa shape index (κ1) is 9.42. The van der Waals surface area contributed by atoms with E-state index >= 15 is 0 Å². The molecule has 0 heterocycles. The Morgan fingerprint density at radius 2 is 2.00 bits per heavy atom. The number of hydrogen-bond acceptors (Lipinski definition) is 3. The number of carbonyl (C=O) groups excluding carboxylic acids is 1. The van der Waals surface area contributed by atoms with Crippen LogP contribution in [-0.4, -0.2) is 16.1 Å². The molecule has 0 saturated heterocycles. The van der Waals surface area contributed by atoms with E-state index in [2.05, 4.69) is 0 Å². The van der Waals surface area contributed by atoms with Gasteiger partial charge in [-0.15, -0.1) is 11.6 Å². The number of phenols is 1. The second kappa shape index (κ2) is 4.38. The van der Waals surface area contributed by atoms with Crippen molar-refractivity contribution in [3.05, 3.63) is 24.3 Å². The largest absolute Gasteiger partial charge is 0.508 e. The van der Waals surface area contributed by atoms with Gasteiger partial charge in [-0.25, -0.2) is 0 Å². The summed E-state index contributed by atoms with van der Waals surface area (Å²) in [5.41, 5.74) is 0. The van der Waals surface area contributed by atoms with Crippen molar-refractivity contribution in [1.29, 1.82) is 0 Å². The SMILES string of the molecule is O=C(CCl)Sc1ccc(O)cc1. The molecule has 0 radical (unpaired) electrons. The van der Waals surface area contributed by atoms with E-state index in [1.165, 1.54) is 12.1 Å². The van der Waals surface area contributed by atoms with E-state index in [4.69, 9.17) is 16.7 Å². The van der Waals surface area contributed by atoms with Gasteiger partial charge in [-0.05, 0) is 24.3 Å². The zero-order valence-corrected chi connectivity index (χ0v) is 7.73. The molecule has 12 heavy (non-hydrogen) atoms. The first-order valence-corrected chi connectivity index (χ1v) is 4.63. The van der Waals surface area contributed by atoms with Gasteiger partial charge in [0.05, 0.1) is 5.88 Å². The lowest BCUT2D eigenvalue weighted by molar-refractivity contribution is -0.108. The third-order valence-corrected chi connectivity index (χ3v) is 2.46. The minimum absolute atomic E-state index is 0.00550. The lowest BCUT2D eigenvalue weighted by Crippen LogP contribution is -1.90. The first-order valence-electron chi connectivity index (χ1n) is 3.28. The van der Waals surface area contributed by atoms with E-state index in [0.29, 0.717) is 0 Å². The fourth-order valence-electron chi connectivity index (χ4n) is 0.673. The highest BCUT2D eigenvalue weighted by Gasteiger charge is 2.01. The lowest BCUT2D eigenvalue weighted by Gasteiger charge is -1.96. The fourth-order valence-corrected chi connectivity index (χ4v) is 1.43. The topological polar surface area (TPSA) is 37.3 Å². The van der Waals surface area contributed by atoms with E-state index in [1.807, 2.05) is 0 Å². The van der Waals surface area contributed by atoms with Gasteiger partial charge in [0.1, 0.15) is 5.75 Å². The number of phenolic OH excluding ortho intramolecular Hbond substituents is 1. The molecule has 1 aromatic rings. The van der Waals surface area contributed by atoms with Crippen LogP contribution in [0.15, 0.2) is 29.2 Å². The van der Waals surface area contributed by atoms with Crippen LogP contribution in [0.1, 0.15) is 0 Å². The fraction of sp³-hybridized carbons (Fsp3) is 0.125. The van der Waals surface area contributed by atoms with E-state index < -0.39 is 0 Å². The molecule has 0 atom stereocenters. The molecular formula is C8H7ClO2S. The van der Waals surface area contributed by atoms with Gasteiger partial charge in [0, 0.05) is 4.90 Å². The van der Waals surface area contributed by atoms with E-state index in [0.717, 1.165) is 16.7 Å². The zero-order chi connectivity index (χ0) is 8.97. The van der Waals surface area contributed by atoms with Gasteiger partial charge >= 0.3 is 0 Å². The summed E-state index contributed by atoms with van der Waals surface area (Å²) < 4.78 is 0. The van der Waals surface area contributed by atoms with Crippen LogP contribution in [0.2, 0.25) is 0 Å². The summed E-state index contributed by atoms with van der Waals surface area (Å²) >= 11 is 6.38. The summed E-state index contributed by atoms with van der Waals surface area (Å²) in [6.07, 6.45) is 0. The number of halogens is 1. The van der Waals surface area contributed by atoms with Crippen molar-refractivity contribution in [3.63, 3.8) is 0 Å². The predicted molar refractivity (Wildman–Crippen MR) is 49.7 cm³/mol. The summed E-state index contributed by atoms with van der Waals surface area (Å²) in [5.74, 6) is 0.198. The van der Waals surface area contributed by atoms with Crippen molar-refractivity contribution in [1.82, 2.24) is 0 Å². The quantitative estimate of drug-likeness (QED) is 0.591. The van der Waals surface area contributed by atoms with Gasteiger partial charge < -0.3 is 5.11 Å². The second-order valence-corrected chi connectivity index (χ2v) is 3.50. The number of thioether (sulfide) groups is 1. The number of hydrogen-bond donors (Lipinski definition) is 1. The number of rotatable bonds is 2. The van der Waals surface area contributed by atoms with Gasteiger partial charge in [-0.1, -0.05) is 11.8 Å². The van der Waals surface area contributed by atoms with Crippen LogP contribution in [0.25, 0.3) is 0 Å². The predicted octanol–water partition coefficient (Wildman–Crippen LogP) is 2.25. The lowest BCUT2D eigenvalue weighted by atomic mass is 10.3. The Bertz CT molecular complexity index is 271. The summed E-state index contributed by atoms with van der Waals surface area (Å²) in [4.78, 5) is 11.6. The molecular weight excluding hydrogens is 196 g/mol. The number of carbonyl (C=O) groups is 1. The molecule has 0 amide bonds. The van der Waals surface area contributed by atoms with Gasteiger partial charge in [0.15, 0.2) is 0 Å². The molecule has 64 valence electrons. The Balaban J connectivity index is 2.64.